The lowest BCUT2D eigenvalue weighted by Crippen LogP contribution is -2.41. The highest BCUT2D eigenvalue weighted by atomic mass is 32.1. The normalized spacial score (nSPS) is 25.9. The zero-order valence-electron chi connectivity index (χ0n) is 8.74. The summed E-state index contributed by atoms with van der Waals surface area (Å²) in [5, 5.41) is 17.5. The Hall–Kier alpha value is -0.420. The van der Waals surface area contributed by atoms with Crippen molar-refractivity contribution in [3.8, 4) is 0 Å². The van der Waals surface area contributed by atoms with E-state index in [2.05, 4.69) is 22.1 Å². The van der Waals surface area contributed by atoms with Gasteiger partial charge in [-0.05, 0) is 35.4 Å². The first-order valence-electron chi connectivity index (χ1n) is 5.30. The Kier molecular flexibility index (Phi) is 3.75. The summed E-state index contributed by atoms with van der Waals surface area (Å²) in [6.07, 6.45) is 1.78. The third kappa shape index (κ3) is 3.28. The number of rotatable bonds is 5. The third-order valence-electron chi connectivity index (χ3n) is 2.71. The molecule has 0 aromatic carbocycles. The minimum Gasteiger partial charge on any atom is -0.386 e. The van der Waals surface area contributed by atoms with Crippen LogP contribution < -0.4 is 5.32 Å². The third-order valence-corrected chi connectivity index (χ3v) is 3.44. The van der Waals surface area contributed by atoms with Crippen molar-refractivity contribution in [3.63, 3.8) is 0 Å². The van der Waals surface area contributed by atoms with E-state index in [1.165, 1.54) is 5.56 Å². The van der Waals surface area contributed by atoms with E-state index in [0.29, 0.717) is 19.8 Å². The van der Waals surface area contributed by atoms with Crippen LogP contribution in [0.1, 0.15) is 12.0 Å². The first kappa shape index (κ1) is 11.1. The van der Waals surface area contributed by atoms with E-state index in [4.69, 9.17) is 4.74 Å². The van der Waals surface area contributed by atoms with Crippen molar-refractivity contribution < 1.29 is 9.84 Å². The van der Waals surface area contributed by atoms with Crippen molar-refractivity contribution in [2.75, 3.05) is 26.3 Å². The first-order chi connectivity index (χ1) is 7.29. The smallest absolute Gasteiger partial charge is 0.102 e. The molecule has 2 rings (SSSR count). The minimum absolute atomic E-state index is 0.471. The molecule has 0 aliphatic carbocycles. The summed E-state index contributed by atoms with van der Waals surface area (Å²) in [6.45, 7) is 2.71. The van der Waals surface area contributed by atoms with Gasteiger partial charge in [-0.1, -0.05) is 0 Å². The first-order valence-corrected chi connectivity index (χ1v) is 6.25. The van der Waals surface area contributed by atoms with Gasteiger partial charge in [0.15, 0.2) is 0 Å². The van der Waals surface area contributed by atoms with Crippen molar-refractivity contribution in [2.45, 2.75) is 18.4 Å². The maximum Gasteiger partial charge on any atom is 0.102 e. The van der Waals surface area contributed by atoms with Crippen molar-refractivity contribution in [1.82, 2.24) is 5.32 Å². The molecular weight excluding hydrogens is 210 g/mol. The van der Waals surface area contributed by atoms with Crippen molar-refractivity contribution in [2.24, 2.45) is 0 Å². The van der Waals surface area contributed by atoms with E-state index in [1.807, 2.05) is 0 Å². The molecule has 0 radical (unpaired) electrons. The lowest BCUT2D eigenvalue weighted by atomic mass is 10.0. The molecule has 3 nitrogen and oxygen atoms in total. The number of nitrogens with one attached hydrogen (secondary N) is 1. The minimum atomic E-state index is -0.630. The van der Waals surface area contributed by atoms with Crippen LogP contribution >= 0.6 is 11.3 Å². The van der Waals surface area contributed by atoms with Crippen LogP contribution in [0.3, 0.4) is 0 Å². The molecular formula is C11H17NO2S. The number of hydrogen-bond acceptors (Lipinski definition) is 4. The van der Waals surface area contributed by atoms with Gasteiger partial charge in [-0.15, -0.1) is 0 Å². The van der Waals surface area contributed by atoms with Crippen molar-refractivity contribution in [3.05, 3.63) is 22.4 Å². The molecule has 1 aliphatic rings. The van der Waals surface area contributed by atoms with Gasteiger partial charge in [0.05, 0.1) is 6.61 Å². The second kappa shape index (κ2) is 5.07. The highest BCUT2D eigenvalue weighted by molar-refractivity contribution is 7.07. The molecule has 1 saturated heterocycles. The molecule has 1 fully saturated rings. The SMILES string of the molecule is OC1(CNCCc2ccsc2)CCOC1. The van der Waals surface area contributed by atoms with Crippen LogP contribution in [0.4, 0.5) is 0 Å². The van der Waals surface area contributed by atoms with E-state index < -0.39 is 5.60 Å². The van der Waals surface area contributed by atoms with Gasteiger partial charge in [-0.2, -0.15) is 11.3 Å². The van der Waals surface area contributed by atoms with Crippen LogP contribution in [0.5, 0.6) is 0 Å². The fourth-order valence-corrected chi connectivity index (χ4v) is 2.43. The summed E-state index contributed by atoms with van der Waals surface area (Å²) in [5.41, 5.74) is 0.733. The molecule has 0 bridgehead atoms. The van der Waals surface area contributed by atoms with E-state index in [-0.39, 0.29) is 0 Å². The molecule has 1 aromatic rings. The predicted octanol–water partition coefficient (Wildman–Crippen LogP) is 1.03. The molecule has 15 heavy (non-hydrogen) atoms. The summed E-state index contributed by atoms with van der Waals surface area (Å²) < 4.78 is 5.17. The summed E-state index contributed by atoms with van der Waals surface area (Å²) in [7, 11) is 0. The number of thiophene rings is 1. The van der Waals surface area contributed by atoms with Crippen LogP contribution in [-0.2, 0) is 11.2 Å². The maximum atomic E-state index is 9.96. The van der Waals surface area contributed by atoms with Gasteiger partial charge in [0.2, 0.25) is 0 Å². The Bertz CT molecular complexity index is 281. The maximum absolute atomic E-state index is 9.96. The van der Waals surface area contributed by atoms with Crippen molar-refractivity contribution in [1.29, 1.82) is 0 Å². The summed E-state index contributed by atoms with van der Waals surface area (Å²) in [6, 6.07) is 2.14. The highest BCUT2D eigenvalue weighted by Gasteiger charge is 2.31. The van der Waals surface area contributed by atoms with Gasteiger partial charge < -0.3 is 15.2 Å². The topological polar surface area (TPSA) is 41.5 Å². The van der Waals surface area contributed by atoms with Crippen LogP contribution in [0, 0.1) is 0 Å². The van der Waals surface area contributed by atoms with Crippen LogP contribution in [0.15, 0.2) is 16.8 Å². The van der Waals surface area contributed by atoms with Gasteiger partial charge in [0, 0.05) is 19.6 Å². The van der Waals surface area contributed by atoms with Gasteiger partial charge in [-0.25, -0.2) is 0 Å². The fourth-order valence-electron chi connectivity index (χ4n) is 1.72. The molecule has 1 aliphatic heterocycles. The largest absolute Gasteiger partial charge is 0.386 e. The standard InChI is InChI=1S/C11H17NO2S/c13-11(3-5-14-9-11)8-12-4-1-10-2-6-15-7-10/h2,6-7,12-13H,1,3-5,8-9H2. The zero-order chi connectivity index (χ0) is 10.6. The zero-order valence-corrected chi connectivity index (χ0v) is 9.55. The van der Waals surface area contributed by atoms with Crippen LogP contribution in [0.25, 0.3) is 0 Å². The Morgan fingerprint density at radius 3 is 3.20 bits per heavy atom. The quantitative estimate of drug-likeness (QED) is 0.738. The van der Waals surface area contributed by atoms with Crippen molar-refractivity contribution >= 4 is 11.3 Å². The number of hydrogen-bond donors (Lipinski definition) is 2. The Labute approximate surface area is 94.1 Å². The second-order valence-corrected chi connectivity index (χ2v) is 4.87. The molecule has 1 atom stereocenters. The molecule has 1 unspecified atom stereocenters. The summed E-state index contributed by atoms with van der Waals surface area (Å²) in [5.74, 6) is 0. The molecule has 2 N–H and O–H groups in total. The summed E-state index contributed by atoms with van der Waals surface area (Å²) >= 11 is 1.73. The van der Waals surface area contributed by atoms with E-state index in [0.717, 1.165) is 19.4 Å². The van der Waals surface area contributed by atoms with Crippen LogP contribution in [-0.4, -0.2) is 37.0 Å². The highest BCUT2D eigenvalue weighted by Crippen LogP contribution is 2.16. The average Bonchev–Trinajstić information content (AvgIpc) is 2.84. The second-order valence-electron chi connectivity index (χ2n) is 4.09. The monoisotopic (exact) mass is 227 g/mol. The van der Waals surface area contributed by atoms with Gasteiger partial charge >= 0.3 is 0 Å². The lowest BCUT2D eigenvalue weighted by Gasteiger charge is -2.20. The van der Waals surface area contributed by atoms with Crippen LogP contribution in [0.2, 0.25) is 0 Å². The number of aliphatic hydroxyl groups is 1. The lowest BCUT2D eigenvalue weighted by molar-refractivity contribution is 0.0273. The van der Waals surface area contributed by atoms with Gasteiger partial charge in [-0.3, -0.25) is 0 Å². The number of ether oxygens (including phenoxy) is 1. The molecule has 2 heterocycles. The fraction of sp³-hybridized carbons (Fsp3) is 0.636. The predicted molar refractivity (Wildman–Crippen MR) is 61.3 cm³/mol. The average molecular weight is 227 g/mol. The van der Waals surface area contributed by atoms with E-state index in [9.17, 15) is 5.11 Å². The molecule has 4 heteroatoms. The summed E-state index contributed by atoms with van der Waals surface area (Å²) in [4.78, 5) is 0. The Balaban J connectivity index is 1.62. The Morgan fingerprint density at radius 2 is 2.53 bits per heavy atom. The van der Waals surface area contributed by atoms with E-state index in [1.54, 1.807) is 11.3 Å². The molecule has 0 amide bonds. The van der Waals surface area contributed by atoms with Gasteiger partial charge in [0.25, 0.3) is 0 Å². The Morgan fingerprint density at radius 1 is 1.60 bits per heavy atom. The molecule has 84 valence electrons. The molecule has 0 spiro atoms. The van der Waals surface area contributed by atoms with E-state index >= 15 is 0 Å². The van der Waals surface area contributed by atoms with Gasteiger partial charge in [0.1, 0.15) is 5.60 Å². The molecule has 0 saturated carbocycles. The molecule has 1 aromatic heterocycles.